The van der Waals surface area contributed by atoms with Crippen LogP contribution >= 0.6 is 23.4 Å². The highest BCUT2D eigenvalue weighted by molar-refractivity contribution is 8.18. The number of thioether (sulfide) groups is 1. The Morgan fingerprint density at radius 3 is 2.81 bits per heavy atom. The summed E-state index contributed by atoms with van der Waals surface area (Å²) in [5.74, 6) is -1.43. The lowest BCUT2D eigenvalue weighted by Gasteiger charge is -2.15. The van der Waals surface area contributed by atoms with Gasteiger partial charge in [-0.05, 0) is 35.5 Å². The second kappa shape index (κ2) is 7.36. The second-order valence-electron chi connectivity index (χ2n) is 5.62. The Labute approximate surface area is 159 Å². The van der Waals surface area contributed by atoms with Crippen LogP contribution in [-0.2, 0) is 24.0 Å². The fourth-order valence-electron chi connectivity index (χ4n) is 2.43. The highest BCUT2D eigenvalue weighted by Crippen LogP contribution is 2.33. The van der Waals surface area contributed by atoms with Gasteiger partial charge in [0.15, 0.2) is 0 Å². The predicted octanol–water partition coefficient (Wildman–Crippen LogP) is 2.02. The van der Waals surface area contributed by atoms with Crippen molar-refractivity contribution in [3.63, 3.8) is 0 Å². The largest absolute Gasteiger partial charge is 0.610 e. The number of carbonyl (C=O) groups is 3. The fraction of sp³-hybridized carbons (Fsp3) is 0.188. The molecular formula is C16H13ClN2O5S2. The van der Waals surface area contributed by atoms with E-state index in [1.165, 1.54) is 12.2 Å². The lowest BCUT2D eigenvalue weighted by molar-refractivity contribution is -0.129. The zero-order valence-electron chi connectivity index (χ0n) is 13.2. The number of imide groups is 1. The van der Waals surface area contributed by atoms with Crippen LogP contribution in [0.3, 0.4) is 0 Å². The number of sulfone groups is 1. The molecule has 26 heavy (non-hydrogen) atoms. The molecule has 10 heteroatoms. The molecular weight excluding hydrogens is 400 g/mol. The molecule has 0 aromatic heterocycles. The van der Waals surface area contributed by atoms with E-state index in [2.05, 4.69) is 5.32 Å². The zero-order valence-corrected chi connectivity index (χ0v) is 15.6. The summed E-state index contributed by atoms with van der Waals surface area (Å²) in [6, 6.07) is 6.20. The molecule has 0 aliphatic carbocycles. The molecule has 2 atom stereocenters. The summed E-state index contributed by atoms with van der Waals surface area (Å²) in [7, 11) is -3.31. The van der Waals surface area contributed by atoms with Gasteiger partial charge in [-0.15, -0.1) is 4.21 Å². The number of amides is 3. The van der Waals surface area contributed by atoms with Crippen molar-refractivity contribution in [1.82, 2.24) is 10.2 Å². The first-order valence-electron chi connectivity index (χ1n) is 7.45. The average Bonchev–Trinajstić information content (AvgIpc) is 3.03. The predicted molar refractivity (Wildman–Crippen MR) is 98.9 cm³/mol. The first-order valence-corrected chi connectivity index (χ1v) is 10.4. The van der Waals surface area contributed by atoms with E-state index in [0.29, 0.717) is 10.6 Å². The standard InChI is InChI=1S/C16H13ClN2O5S2/c17-12-4-2-1-3-10(12)7-13-15(21)19(16(22)25-13)8-14(20)18-11-5-6-26(23,24)9-11/h1-7,11H,8-9H2,(H-,18,20,23,24)/b13-7+. The van der Waals surface area contributed by atoms with Gasteiger partial charge in [-0.2, -0.15) is 0 Å². The van der Waals surface area contributed by atoms with Crippen molar-refractivity contribution in [2.75, 3.05) is 12.3 Å². The maximum Gasteiger partial charge on any atom is 0.294 e. The molecule has 2 heterocycles. The number of halogens is 1. The number of hydrogen-bond donors (Lipinski definition) is 1. The van der Waals surface area contributed by atoms with Crippen LogP contribution in [0.15, 0.2) is 40.7 Å². The molecule has 2 aliphatic rings. The van der Waals surface area contributed by atoms with E-state index in [0.717, 1.165) is 22.1 Å². The van der Waals surface area contributed by atoms with Gasteiger partial charge in [0.1, 0.15) is 17.7 Å². The summed E-state index contributed by atoms with van der Waals surface area (Å²) in [5.41, 5.74) is 0.588. The summed E-state index contributed by atoms with van der Waals surface area (Å²) < 4.78 is 22.7. The maximum absolute atomic E-state index is 12.4. The van der Waals surface area contributed by atoms with Gasteiger partial charge in [0, 0.05) is 5.02 Å². The topological polar surface area (TPSA) is 107 Å². The Balaban J connectivity index is 1.66. The number of hydrogen-bond acceptors (Lipinski definition) is 6. The lowest BCUT2D eigenvalue weighted by atomic mass is 10.2. The van der Waals surface area contributed by atoms with Crippen molar-refractivity contribution in [2.24, 2.45) is 0 Å². The van der Waals surface area contributed by atoms with E-state index in [9.17, 15) is 23.1 Å². The van der Waals surface area contributed by atoms with Crippen molar-refractivity contribution in [3.05, 3.63) is 51.2 Å². The molecule has 1 aromatic rings. The van der Waals surface area contributed by atoms with Crippen LogP contribution in [-0.4, -0.2) is 44.8 Å². The van der Waals surface area contributed by atoms with E-state index in [1.54, 1.807) is 24.3 Å². The third-order valence-electron chi connectivity index (χ3n) is 3.64. The molecule has 0 bridgehead atoms. The van der Waals surface area contributed by atoms with Gasteiger partial charge in [0.05, 0.1) is 21.2 Å². The zero-order chi connectivity index (χ0) is 18.9. The Kier molecular flexibility index (Phi) is 5.33. The lowest BCUT2D eigenvalue weighted by Crippen LogP contribution is -2.44. The second-order valence-corrected chi connectivity index (χ2v) is 8.95. The third kappa shape index (κ3) is 4.24. The monoisotopic (exact) mass is 412 g/mol. The van der Waals surface area contributed by atoms with Crippen LogP contribution in [0.5, 0.6) is 0 Å². The Morgan fingerprint density at radius 1 is 1.42 bits per heavy atom. The number of nitrogens with one attached hydrogen (secondary N) is 1. The molecule has 1 fully saturated rings. The molecule has 3 rings (SSSR count). The maximum atomic E-state index is 12.4. The summed E-state index contributed by atoms with van der Waals surface area (Å²) in [6.07, 6.45) is 2.86. The smallest absolute Gasteiger partial charge is 0.294 e. The minimum atomic E-state index is -3.31. The molecule has 0 saturated carbocycles. The summed E-state index contributed by atoms with van der Waals surface area (Å²) in [4.78, 5) is 37.5. The van der Waals surface area contributed by atoms with Crippen LogP contribution in [0, 0.1) is 0 Å². The minimum absolute atomic E-state index is 0.166. The van der Waals surface area contributed by atoms with Gasteiger partial charge in [0.25, 0.3) is 11.1 Å². The number of nitrogens with zero attached hydrogens (tertiary/aromatic N) is 1. The van der Waals surface area contributed by atoms with Gasteiger partial charge >= 0.3 is 0 Å². The quantitative estimate of drug-likeness (QED) is 0.599. The van der Waals surface area contributed by atoms with Gasteiger partial charge in [-0.3, -0.25) is 19.3 Å². The molecule has 7 nitrogen and oxygen atoms in total. The SMILES string of the molecule is O=C(CN1C(=O)S/C(=C/c2ccccc2Cl)C1=O)NC1C=C[S+](=O)([O-])C1. The molecule has 3 amide bonds. The van der Waals surface area contributed by atoms with Crippen LogP contribution in [0.1, 0.15) is 5.56 Å². The van der Waals surface area contributed by atoms with Crippen LogP contribution in [0.25, 0.3) is 6.08 Å². The van der Waals surface area contributed by atoms with Crippen molar-refractivity contribution >= 4 is 56.7 Å². The molecule has 0 radical (unpaired) electrons. The van der Waals surface area contributed by atoms with Crippen LogP contribution in [0.4, 0.5) is 4.79 Å². The summed E-state index contributed by atoms with van der Waals surface area (Å²) in [6.45, 7) is -0.477. The van der Waals surface area contributed by atoms with E-state index in [4.69, 9.17) is 11.6 Å². The molecule has 136 valence electrons. The molecule has 1 aromatic carbocycles. The molecule has 0 spiro atoms. The van der Waals surface area contributed by atoms with Crippen molar-refractivity contribution in [2.45, 2.75) is 6.04 Å². The van der Waals surface area contributed by atoms with E-state index in [1.807, 2.05) is 0 Å². The van der Waals surface area contributed by atoms with Crippen molar-refractivity contribution < 1.29 is 23.1 Å². The van der Waals surface area contributed by atoms with Gasteiger partial charge in [-0.25, -0.2) is 0 Å². The third-order valence-corrected chi connectivity index (χ3v) is 6.29. The van der Waals surface area contributed by atoms with Gasteiger partial charge in [0.2, 0.25) is 5.91 Å². The first-order chi connectivity index (χ1) is 12.2. The average molecular weight is 413 g/mol. The Bertz CT molecular complexity index is 898. The van der Waals surface area contributed by atoms with Crippen LogP contribution < -0.4 is 5.32 Å². The van der Waals surface area contributed by atoms with Gasteiger partial charge < -0.3 is 9.87 Å². The minimum Gasteiger partial charge on any atom is -0.610 e. The molecule has 1 N–H and O–H groups in total. The summed E-state index contributed by atoms with van der Waals surface area (Å²) in [5, 5.41) is 3.37. The number of benzene rings is 1. The Hall–Kier alpha value is -1.94. The van der Waals surface area contributed by atoms with E-state index in [-0.39, 0.29) is 10.7 Å². The first kappa shape index (κ1) is 18.8. The van der Waals surface area contributed by atoms with Crippen molar-refractivity contribution in [1.29, 1.82) is 0 Å². The Morgan fingerprint density at radius 2 is 2.15 bits per heavy atom. The molecule has 2 aliphatic heterocycles. The molecule has 2 unspecified atom stereocenters. The highest BCUT2D eigenvalue weighted by Gasteiger charge is 2.37. The van der Waals surface area contributed by atoms with Crippen LogP contribution in [0.2, 0.25) is 5.02 Å². The molecule has 1 saturated heterocycles. The summed E-state index contributed by atoms with van der Waals surface area (Å²) >= 11 is 6.76. The highest BCUT2D eigenvalue weighted by atomic mass is 35.5. The fourth-order valence-corrected chi connectivity index (χ4v) is 4.69. The number of carbonyl (C=O) groups excluding carboxylic acids is 3. The normalized spacial score (nSPS) is 26.8. The van der Waals surface area contributed by atoms with E-state index >= 15 is 0 Å². The van der Waals surface area contributed by atoms with E-state index < -0.39 is 39.9 Å². The van der Waals surface area contributed by atoms with Gasteiger partial charge in [-0.1, -0.05) is 29.8 Å². The number of rotatable bonds is 4. The van der Waals surface area contributed by atoms with Crippen molar-refractivity contribution in [3.8, 4) is 0 Å².